The van der Waals surface area contributed by atoms with Crippen LogP contribution in [0.3, 0.4) is 0 Å². The van der Waals surface area contributed by atoms with Gasteiger partial charge in [-0.3, -0.25) is 4.98 Å². The number of aromatic nitrogens is 1. The number of methoxy groups -OCH3 is 1. The van der Waals surface area contributed by atoms with Crippen molar-refractivity contribution in [1.29, 1.82) is 0 Å². The predicted octanol–water partition coefficient (Wildman–Crippen LogP) is 3.48. The molecule has 0 fully saturated rings. The summed E-state index contributed by atoms with van der Waals surface area (Å²) in [7, 11) is 1.61. The zero-order valence-corrected chi connectivity index (χ0v) is 10.9. The summed E-state index contributed by atoms with van der Waals surface area (Å²) in [5, 5.41) is 10.0. The first-order valence-corrected chi connectivity index (χ1v) is 6.46. The maximum atomic E-state index is 10.0. The molecule has 0 bridgehead atoms. The van der Waals surface area contributed by atoms with Crippen molar-refractivity contribution in [1.82, 2.24) is 4.98 Å². The van der Waals surface area contributed by atoms with Gasteiger partial charge in [0.2, 0.25) is 0 Å². The Hall–Kier alpha value is -1.09. The Bertz CT molecular complexity index is 315. The quantitative estimate of drug-likeness (QED) is 0.704. The van der Waals surface area contributed by atoms with Gasteiger partial charge in [0.05, 0.1) is 13.2 Å². The minimum absolute atomic E-state index is 0.507. The van der Waals surface area contributed by atoms with Crippen molar-refractivity contribution in [2.75, 3.05) is 7.11 Å². The van der Waals surface area contributed by atoms with Gasteiger partial charge in [-0.2, -0.15) is 0 Å². The molecule has 0 spiro atoms. The summed E-state index contributed by atoms with van der Waals surface area (Å²) in [5.41, 5.74) is 0.658. The van der Waals surface area contributed by atoms with Crippen LogP contribution in [-0.2, 0) is 0 Å². The first-order chi connectivity index (χ1) is 8.29. The van der Waals surface area contributed by atoms with Gasteiger partial charge in [0.15, 0.2) is 0 Å². The highest BCUT2D eigenvalue weighted by molar-refractivity contribution is 5.28. The van der Waals surface area contributed by atoms with Crippen LogP contribution in [0.4, 0.5) is 0 Å². The van der Waals surface area contributed by atoms with Gasteiger partial charge in [0.1, 0.15) is 11.4 Å². The van der Waals surface area contributed by atoms with Crippen LogP contribution in [0.25, 0.3) is 0 Å². The van der Waals surface area contributed by atoms with Gasteiger partial charge in [-0.25, -0.2) is 0 Å². The lowest BCUT2D eigenvalue weighted by Gasteiger charge is -2.13. The van der Waals surface area contributed by atoms with Crippen molar-refractivity contribution < 1.29 is 9.84 Å². The second-order valence-electron chi connectivity index (χ2n) is 4.31. The lowest BCUT2D eigenvalue weighted by atomic mass is 10.1. The van der Waals surface area contributed by atoms with E-state index in [0.717, 1.165) is 12.8 Å². The van der Waals surface area contributed by atoms with Crippen LogP contribution in [0, 0.1) is 0 Å². The molecule has 0 radical (unpaired) electrons. The largest absolute Gasteiger partial charge is 0.495 e. The van der Waals surface area contributed by atoms with E-state index in [2.05, 4.69) is 11.9 Å². The summed E-state index contributed by atoms with van der Waals surface area (Å²) >= 11 is 0. The molecule has 1 unspecified atom stereocenters. The fraction of sp³-hybridized carbons (Fsp3) is 0.643. The Balaban J connectivity index is 2.38. The standard InChI is InChI=1S/C14H23NO2/c1-3-4-5-6-7-9-12(16)14-13(17-2)10-8-11-15-14/h8,10-12,16H,3-7,9H2,1-2H3. The van der Waals surface area contributed by atoms with Crippen LogP contribution >= 0.6 is 0 Å². The van der Waals surface area contributed by atoms with Gasteiger partial charge >= 0.3 is 0 Å². The SMILES string of the molecule is CCCCCCCC(O)c1ncccc1OC. The Morgan fingerprint density at radius 2 is 2.06 bits per heavy atom. The number of nitrogens with zero attached hydrogens (tertiary/aromatic N) is 1. The summed E-state index contributed by atoms with van der Waals surface area (Å²) in [6, 6.07) is 3.65. The Morgan fingerprint density at radius 3 is 2.76 bits per heavy atom. The number of rotatable bonds is 8. The normalized spacial score (nSPS) is 12.4. The molecule has 1 atom stereocenters. The molecule has 0 aliphatic rings. The van der Waals surface area contributed by atoms with Crippen molar-refractivity contribution >= 4 is 0 Å². The van der Waals surface area contributed by atoms with Crippen molar-refractivity contribution in [2.45, 2.75) is 51.6 Å². The molecule has 0 saturated heterocycles. The van der Waals surface area contributed by atoms with Gasteiger partial charge in [0, 0.05) is 6.20 Å². The molecule has 1 rings (SSSR count). The molecular weight excluding hydrogens is 214 g/mol. The second-order valence-corrected chi connectivity index (χ2v) is 4.31. The van der Waals surface area contributed by atoms with Gasteiger partial charge in [-0.15, -0.1) is 0 Å². The fourth-order valence-corrected chi connectivity index (χ4v) is 1.90. The first-order valence-electron chi connectivity index (χ1n) is 6.46. The summed E-state index contributed by atoms with van der Waals surface area (Å²) in [4.78, 5) is 4.19. The number of hydrogen-bond acceptors (Lipinski definition) is 3. The van der Waals surface area contributed by atoms with E-state index in [1.165, 1.54) is 25.7 Å². The zero-order chi connectivity index (χ0) is 12.5. The topological polar surface area (TPSA) is 42.4 Å². The van der Waals surface area contributed by atoms with Crippen LogP contribution < -0.4 is 4.74 Å². The Morgan fingerprint density at radius 1 is 1.29 bits per heavy atom. The van der Waals surface area contributed by atoms with Crippen LogP contribution in [0.15, 0.2) is 18.3 Å². The summed E-state index contributed by atoms with van der Waals surface area (Å²) in [6.07, 6.45) is 7.95. The van der Waals surface area contributed by atoms with Crippen molar-refractivity contribution in [2.24, 2.45) is 0 Å². The maximum absolute atomic E-state index is 10.0. The molecule has 0 aliphatic heterocycles. The molecule has 17 heavy (non-hydrogen) atoms. The molecule has 3 heteroatoms. The molecule has 1 aromatic rings. The van der Waals surface area contributed by atoms with E-state index in [-0.39, 0.29) is 0 Å². The Labute approximate surface area is 104 Å². The fourth-order valence-electron chi connectivity index (χ4n) is 1.90. The number of ether oxygens (including phenoxy) is 1. The number of hydrogen-bond donors (Lipinski definition) is 1. The van der Waals surface area contributed by atoms with Crippen LogP contribution in [0.5, 0.6) is 5.75 Å². The average molecular weight is 237 g/mol. The monoisotopic (exact) mass is 237 g/mol. The lowest BCUT2D eigenvalue weighted by molar-refractivity contribution is 0.154. The number of unbranched alkanes of at least 4 members (excludes halogenated alkanes) is 4. The molecule has 0 aliphatic carbocycles. The molecular formula is C14H23NO2. The number of aliphatic hydroxyl groups is 1. The van der Waals surface area contributed by atoms with E-state index in [1.807, 2.05) is 12.1 Å². The maximum Gasteiger partial charge on any atom is 0.143 e. The molecule has 0 amide bonds. The van der Waals surface area contributed by atoms with E-state index in [9.17, 15) is 5.11 Å². The van der Waals surface area contributed by atoms with E-state index >= 15 is 0 Å². The average Bonchev–Trinajstić information content (AvgIpc) is 2.38. The van der Waals surface area contributed by atoms with Crippen LogP contribution in [-0.4, -0.2) is 17.2 Å². The minimum atomic E-state index is -0.507. The van der Waals surface area contributed by atoms with Crippen molar-refractivity contribution in [3.63, 3.8) is 0 Å². The third kappa shape index (κ3) is 4.73. The zero-order valence-electron chi connectivity index (χ0n) is 10.9. The predicted molar refractivity (Wildman–Crippen MR) is 69.1 cm³/mol. The van der Waals surface area contributed by atoms with Gasteiger partial charge < -0.3 is 9.84 Å². The number of pyridine rings is 1. The molecule has 96 valence electrons. The molecule has 0 aromatic carbocycles. The van der Waals surface area contributed by atoms with Crippen LogP contribution in [0.1, 0.15) is 57.2 Å². The highest BCUT2D eigenvalue weighted by Gasteiger charge is 2.13. The van der Waals surface area contributed by atoms with Gasteiger partial charge in [-0.1, -0.05) is 39.0 Å². The smallest absolute Gasteiger partial charge is 0.143 e. The van der Waals surface area contributed by atoms with Gasteiger partial charge in [-0.05, 0) is 18.6 Å². The third-order valence-corrected chi connectivity index (χ3v) is 2.92. The highest BCUT2D eigenvalue weighted by atomic mass is 16.5. The summed E-state index contributed by atoms with van der Waals surface area (Å²) < 4.78 is 5.19. The molecule has 0 saturated carbocycles. The first kappa shape index (κ1) is 14.0. The van der Waals surface area contributed by atoms with Gasteiger partial charge in [0.25, 0.3) is 0 Å². The van der Waals surface area contributed by atoms with E-state index in [0.29, 0.717) is 11.4 Å². The lowest BCUT2D eigenvalue weighted by Crippen LogP contribution is -2.03. The highest BCUT2D eigenvalue weighted by Crippen LogP contribution is 2.26. The minimum Gasteiger partial charge on any atom is -0.495 e. The molecule has 1 heterocycles. The molecule has 3 nitrogen and oxygen atoms in total. The Kier molecular flexibility index (Phi) is 6.63. The van der Waals surface area contributed by atoms with E-state index in [4.69, 9.17) is 4.74 Å². The molecule has 1 N–H and O–H groups in total. The molecule has 1 aromatic heterocycles. The third-order valence-electron chi connectivity index (χ3n) is 2.92. The van der Waals surface area contributed by atoms with Crippen LogP contribution in [0.2, 0.25) is 0 Å². The number of aliphatic hydroxyl groups excluding tert-OH is 1. The van der Waals surface area contributed by atoms with E-state index in [1.54, 1.807) is 13.3 Å². The second kappa shape index (κ2) is 8.07. The van der Waals surface area contributed by atoms with E-state index < -0.39 is 6.10 Å². The van der Waals surface area contributed by atoms with Crippen molar-refractivity contribution in [3.8, 4) is 5.75 Å². The van der Waals surface area contributed by atoms with Crippen molar-refractivity contribution in [3.05, 3.63) is 24.0 Å². The summed E-state index contributed by atoms with van der Waals surface area (Å²) in [6.45, 7) is 2.20. The summed E-state index contributed by atoms with van der Waals surface area (Å²) in [5.74, 6) is 0.675.